The highest BCUT2D eigenvalue weighted by molar-refractivity contribution is 9.11. The van der Waals surface area contributed by atoms with Crippen molar-refractivity contribution in [3.63, 3.8) is 0 Å². The van der Waals surface area contributed by atoms with Crippen LogP contribution in [0.5, 0.6) is 0 Å². The number of hydrogen-bond acceptors (Lipinski definition) is 0. The molecule has 0 fully saturated rings. The van der Waals surface area contributed by atoms with Gasteiger partial charge in [0.05, 0.1) is 9.85 Å². The maximum Gasteiger partial charge on any atom is 0.129 e. The first-order chi connectivity index (χ1) is 8.90. The Balaban J connectivity index is 2.49. The van der Waals surface area contributed by atoms with Gasteiger partial charge in [-0.25, -0.2) is 8.78 Å². The normalized spacial score (nSPS) is 12.5. The predicted octanol–water partition coefficient (Wildman–Crippen LogP) is 6.63. The molecule has 0 N–H and O–H groups in total. The molecule has 0 aliphatic carbocycles. The molecule has 0 heterocycles. The Morgan fingerprint density at radius 3 is 2.26 bits per heavy atom. The fourth-order valence-electron chi connectivity index (χ4n) is 1.61. The number of rotatable bonds is 2. The molecule has 0 aromatic heterocycles. The molecular weight excluding hydrogens is 469 g/mol. The van der Waals surface area contributed by atoms with Crippen LogP contribution in [0.4, 0.5) is 8.78 Å². The number of hydrogen-bond donors (Lipinski definition) is 0. The van der Waals surface area contributed by atoms with Gasteiger partial charge in [0.25, 0.3) is 0 Å². The lowest BCUT2D eigenvalue weighted by Gasteiger charge is -2.14. The summed E-state index contributed by atoms with van der Waals surface area (Å²) in [6, 6.07) is 7.10. The van der Waals surface area contributed by atoms with Crippen LogP contribution < -0.4 is 0 Å². The number of benzene rings is 2. The smallest absolute Gasteiger partial charge is 0.129 e. The first kappa shape index (κ1) is 15.4. The third kappa shape index (κ3) is 3.38. The fraction of sp³-hybridized carbons (Fsp3) is 0.0769. The molecule has 2 rings (SSSR count). The lowest BCUT2D eigenvalue weighted by Crippen LogP contribution is -1.98. The van der Waals surface area contributed by atoms with Gasteiger partial charge in [0.15, 0.2) is 0 Å². The van der Waals surface area contributed by atoms with E-state index in [1.165, 1.54) is 24.3 Å². The van der Waals surface area contributed by atoms with Crippen molar-refractivity contribution in [3.05, 3.63) is 67.1 Å². The molecule has 2 aromatic rings. The molecule has 19 heavy (non-hydrogen) atoms. The van der Waals surface area contributed by atoms with Crippen LogP contribution in [0.3, 0.4) is 0 Å². The average molecular weight is 475 g/mol. The predicted molar refractivity (Wildman–Crippen MR) is 84.0 cm³/mol. The summed E-state index contributed by atoms with van der Waals surface area (Å²) in [7, 11) is 0. The molecule has 0 nitrogen and oxygen atoms in total. The van der Waals surface area contributed by atoms with E-state index in [9.17, 15) is 8.78 Å². The summed E-state index contributed by atoms with van der Waals surface area (Å²) in [5, 5.41) is 0.416. The largest absolute Gasteiger partial charge is 0.207 e. The molecule has 1 unspecified atom stereocenters. The summed E-state index contributed by atoms with van der Waals surface area (Å²) in [5.74, 6) is -0.751. The van der Waals surface area contributed by atoms with Crippen molar-refractivity contribution >= 4 is 59.4 Å². The minimum absolute atomic E-state index is 0.357. The van der Waals surface area contributed by atoms with E-state index in [1.54, 1.807) is 6.07 Å². The first-order valence-corrected chi connectivity index (χ1v) is 8.01. The fourth-order valence-corrected chi connectivity index (χ4v) is 3.73. The summed E-state index contributed by atoms with van der Waals surface area (Å²) in [5.41, 5.74) is 1.11. The van der Waals surface area contributed by atoms with Gasteiger partial charge in [-0.05, 0) is 45.8 Å². The van der Waals surface area contributed by atoms with Gasteiger partial charge in [0.2, 0.25) is 0 Å². The number of halogens is 6. The molecule has 0 aliphatic rings. The van der Waals surface area contributed by atoms with Gasteiger partial charge < -0.3 is 0 Å². The topological polar surface area (TPSA) is 0 Å². The molecule has 0 radical (unpaired) electrons. The minimum atomic E-state index is -0.423. The van der Waals surface area contributed by atoms with E-state index in [-0.39, 0.29) is 5.82 Å². The second kappa shape index (κ2) is 6.20. The van der Waals surface area contributed by atoms with Crippen LogP contribution in [0.25, 0.3) is 0 Å². The van der Waals surface area contributed by atoms with Gasteiger partial charge in [-0.3, -0.25) is 0 Å². The van der Waals surface area contributed by atoms with E-state index in [1.807, 2.05) is 0 Å². The lowest BCUT2D eigenvalue weighted by atomic mass is 10.0. The molecule has 0 spiro atoms. The lowest BCUT2D eigenvalue weighted by molar-refractivity contribution is 0.611. The standard InChI is InChI=1S/C13H6Br3ClF2/c14-9-3-6(18)1-2-7(9)13(16)8-4-11(17)10(15)5-12(8)19/h1-5,13H. The quantitative estimate of drug-likeness (QED) is 0.338. The zero-order chi connectivity index (χ0) is 14.2. The molecule has 6 heteroatoms. The number of alkyl halides is 1. The van der Waals surface area contributed by atoms with Crippen molar-refractivity contribution in [2.24, 2.45) is 0 Å². The molecule has 1 atom stereocenters. The van der Waals surface area contributed by atoms with Gasteiger partial charge in [0.1, 0.15) is 11.6 Å². The molecule has 0 aliphatic heterocycles. The molecule has 100 valence electrons. The monoisotopic (exact) mass is 472 g/mol. The van der Waals surface area contributed by atoms with Crippen LogP contribution in [-0.2, 0) is 0 Å². The van der Waals surface area contributed by atoms with Crippen molar-refractivity contribution in [1.29, 1.82) is 0 Å². The maximum absolute atomic E-state index is 14.0. The molecule has 0 amide bonds. The van der Waals surface area contributed by atoms with E-state index in [4.69, 9.17) is 11.6 Å². The zero-order valence-corrected chi connectivity index (χ0v) is 14.7. The minimum Gasteiger partial charge on any atom is -0.207 e. The van der Waals surface area contributed by atoms with E-state index >= 15 is 0 Å². The van der Waals surface area contributed by atoms with Gasteiger partial charge >= 0.3 is 0 Å². The van der Waals surface area contributed by atoms with Gasteiger partial charge in [-0.1, -0.05) is 49.5 Å². The molecule has 0 bridgehead atoms. The van der Waals surface area contributed by atoms with E-state index in [0.717, 1.165) is 5.56 Å². The van der Waals surface area contributed by atoms with E-state index in [0.29, 0.717) is 19.5 Å². The van der Waals surface area contributed by atoms with Crippen LogP contribution in [0.1, 0.15) is 16.0 Å². The highest BCUT2D eigenvalue weighted by Crippen LogP contribution is 2.39. The third-order valence-electron chi connectivity index (χ3n) is 2.55. The van der Waals surface area contributed by atoms with Crippen LogP contribution in [0, 0.1) is 11.6 Å². The van der Waals surface area contributed by atoms with Crippen LogP contribution in [-0.4, -0.2) is 0 Å². The van der Waals surface area contributed by atoms with Crippen LogP contribution in [0.15, 0.2) is 39.3 Å². The Labute approximate surface area is 139 Å². The van der Waals surface area contributed by atoms with Gasteiger partial charge in [-0.2, -0.15) is 0 Å². The van der Waals surface area contributed by atoms with Crippen molar-refractivity contribution in [1.82, 2.24) is 0 Å². The Kier molecular flexibility index (Phi) is 5.04. The highest BCUT2D eigenvalue weighted by Gasteiger charge is 2.19. The van der Waals surface area contributed by atoms with Crippen molar-refractivity contribution < 1.29 is 8.78 Å². The summed E-state index contributed by atoms with van der Waals surface area (Å²) >= 11 is 15.8. The summed E-state index contributed by atoms with van der Waals surface area (Å²) in [6.45, 7) is 0. The third-order valence-corrected chi connectivity index (χ3v) is 5.42. The van der Waals surface area contributed by atoms with E-state index < -0.39 is 10.6 Å². The summed E-state index contributed by atoms with van der Waals surface area (Å²) < 4.78 is 28.1. The second-order valence-corrected chi connectivity index (χ2v) is 6.85. The Bertz CT molecular complexity index is 632. The summed E-state index contributed by atoms with van der Waals surface area (Å²) in [6.07, 6.45) is 0. The van der Waals surface area contributed by atoms with Crippen LogP contribution in [0.2, 0.25) is 5.02 Å². The first-order valence-electron chi connectivity index (χ1n) is 5.13. The Hall–Kier alpha value is 0.0300. The maximum atomic E-state index is 14.0. The van der Waals surface area contributed by atoms with Crippen molar-refractivity contribution in [3.8, 4) is 0 Å². The molecular formula is C13H6Br3ClF2. The van der Waals surface area contributed by atoms with Crippen LogP contribution >= 0.6 is 59.4 Å². The van der Waals surface area contributed by atoms with Gasteiger partial charge in [-0.15, -0.1) is 0 Å². The Morgan fingerprint density at radius 1 is 0.947 bits per heavy atom. The second-order valence-electron chi connectivity index (χ2n) is 3.82. The molecule has 2 aromatic carbocycles. The molecule has 0 saturated heterocycles. The zero-order valence-electron chi connectivity index (χ0n) is 9.23. The van der Waals surface area contributed by atoms with Gasteiger partial charge in [0, 0.05) is 14.5 Å². The SMILES string of the molecule is Fc1ccc(C(Br)c2cc(Cl)c(Br)cc2F)c(Br)c1. The molecule has 0 saturated carbocycles. The summed E-state index contributed by atoms with van der Waals surface area (Å²) in [4.78, 5) is -0.423. The van der Waals surface area contributed by atoms with Crippen molar-refractivity contribution in [2.45, 2.75) is 4.83 Å². The average Bonchev–Trinajstić information content (AvgIpc) is 2.33. The Morgan fingerprint density at radius 2 is 1.63 bits per heavy atom. The van der Waals surface area contributed by atoms with E-state index in [2.05, 4.69) is 47.8 Å². The van der Waals surface area contributed by atoms with Crippen molar-refractivity contribution in [2.75, 3.05) is 0 Å². The highest BCUT2D eigenvalue weighted by atomic mass is 79.9.